The van der Waals surface area contributed by atoms with Crippen molar-refractivity contribution in [3.63, 3.8) is 0 Å². The fourth-order valence-corrected chi connectivity index (χ4v) is 4.65. The molecule has 5 aromatic carbocycles. The molecule has 0 amide bonds. The summed E-state index contributed by atoms with van der Waals surface area (Å²) in [6.07, 6.45) is 0.835. The second kappa shape index (κ2) is 10.5. The Morgan fingerprint density at radius 1 is 0.583 bits per heavy atom. The van der Waals surface area contributed by atoms with Crippen LogP contribution in [0.5, 0.6) is 0 Å². The van der Waals surface area contributed by atoms with Crippen molar-refractivity contribution < 1.29 is 4.79 Å². The number of anilines is 3. The van der Waals surface area contributed by atoms with Gasteiger partial charge in [0.15, 0.2) is 5.78 Å². The van der Waals surface area contributed by atoms with Gasteiger partial charge in [-0.1, -0.05) is 91.9 Å². The van der Waals surface area contributed by atoms with Gasteiger partial charge in [-0.05, 0) is 78.1 Å². The smallest absolute Gasteiger partial charge is 0.193 e. The molecular weight excluding hydrogens is 438 g/mol. The number of nitrogens with zero attached hydrogens (tertiary/aromatic N) is 1. The molecule has 0 aromatic heterocycles. The van der Waals surface area contributed by atoms with Gasteiger partial charge in [-0.25, -0.2) is 0 Å². The van der Waals surface area contributed by atoms with Crippen molar-refractivity contribution in [3.05, 3.63) is 150 Å². The molecule has 0 aliphatic rings. The first-order valence-electron chi connectivity index (χ1n) is 12.4. The van der Waals surface area contributed by atoms with E-state index in [1.54, 1.807) is 0 Å². The zero-order valence-electron chi connectivity index (χ0n) is 20.7. The van der Waals surface area contributed by atoms with Gasteiger partial charge in [-0.15, -0.1) is 0 Å². The lowest BCUT2D eigenvalue weighted by Crippen LogP contribution is -2.09. The van der Waals surface area contributed by atoms with Gasteiger partial charge in [0.2, 0.25) is 0 Å². The van der Waals surface area contributed by atoms with Crippen LogP contribution in [0.15, 0.2) is 127 Å². The van der Waals surface area contributed by atoms with Crippen LogP contribution in [0.3, 0.4) is 0 Å². The van der Waals surface area contributed by atoms with E-state index >= 15 is 0 Å². The van der Waals surface area contributed by atoms with Crippen LogP contribution in [0, 0.1) is 6.92 Å². The van der Waals surface area contributed by atoms with Gasteiger partial charge in [0, 0.05) is 28.2 Å². The van der Waals surface area contributed by atoms with E-state index in [1.165, 1.54) is 0 Å². The Morgan fingerprint density at radius 3 is 1.72 bits per heavy atom. The standard InChI is InChI=1S/C34H29NO/c1-3-26-12-10-11-17-32(26)34(36)33-24-28(19-18-25(33)2)27-20-22-31(23-21-27)35(29-13-6-4-7-14-29)30-15-8-5-9-16-30/h4-24H,3H2,1-2H3. The van der Waals surface area contributed by atoms with Crippen molar-refractivity contribution in [2.75, 3.05) is 4.90 Å². The summed E-state index contributed by atoms with van der Waals surface area (Å²) >= 11 is 0. The molecule has 2 heteroatoms. The van der Waals surface area contributed by atoms with Gasteiger partial charge in [0.25, 0.3) is 0 Å². The maximum absolute atomic E-state index is 13.5. The molecule has 0 unspecified atom stereocenters. The molecule has 0 radical (unpaired) electrons. The first-order valence-corrected chi connectivity index (χ1v) is 12.4. The predicted octanol–water partition coefficient (Wildman–Crippen LogP) is 8.93. The molecule has 2 nitrogen and oxygen atoms in total. The normalized spacial score (nSPS) is 10.7. The molecule has 0 atom stereocenters. The molecule has 5 aromatic rings. The largest absolute Gasteiger partial charge is 0.311 e. The maximum atomic E-state index is 13.5. The molecule has 0 aliphatic heterocycles. The Labute approximate surface area is 213 Å². The average Bonchev–Trinajstić information content (AvgIpc) is 2.95. The van der Waals surface area contributed by atoms with Crippen LogP contribution in [-0.4, -0.2) is 5.78 Å². The van der Waals surface area contributed by atoms with Crippen molar-refractivity contribution in [2.45, 2.75) is 20.3 Å². The molecule has 176 valence electrons. The van der Waals surface area contributed by atoms with Crippen molar-refractivity contribution >= 4 is 22.8 Å². The van der Waals surface area contributed by atoms with Gasteiger partial charge in [-0.3, -0.25) is 4.79 Å². The maximum Gasteiger partial charge on any atom is 0.193 e. The summed E-state index contributed by atoms with van der Waals surface area (Å²) in [5.74, 6) is 0.0859. The number of para-hydroxylation sites is 2. The lowest BCUT2D eigenvalue weighted by Gasteiger charge is -2.25. The zero-order valence-corrected chi connectivity index (χ0v) is 20.7. The van der Waals surface area contributed by atoms with Crippen LogP contribution in [0.4, 0.5) is 17.1 Å². The number of carbonyl (C=O) groups excluding carboxylic acids is 1. The Kier molecular flexibility index (Phi) is 6.77. The fourth-order valence-electron chi connectivity index (χ4n) is 4.65. The molecule has 0 bridgehead atoms. The van der Waals surface area contributed by atoms with Crippen LogP contribution in [-0.2, 0) is 6.42 Å². The highest BCUT2D eigenvalue weighted by Gasteiger charge is 2.16. The van der Waals surface area contributed by atoms with Crippen molar-refractivity contribution in [1.82, 2.24) is 0 Å². The number of rotatable bonds is 7. The summed E-state index contributed by atoms with van der Waals surface area (Å²) in [5, 5.41) is 0. The van der Waals surface area contributed by atoms with E-state index < -0.39 is 0 Å². The molecular formula is C34H29NO. The van der Waals surface area contributed by atoms with Gasteiger partial charge in [0.1, 0.15) is 0 Å². The highest BCUT2D eigenvalue weighted by atomic mass is 16.1. The summed E-state index contributed by atoms with van der Waals surface area (Å²) in [7, 11) is 0. The first kappa shape index (κ1) is 23.3. The second-order valence-electron chi connectivity index (χ2n) is 8.92. The molecule has 0 N–H and O–H groups in total. The minimum Gasteiger partial charge on any atom is -0.311 e. The van der Waals surface area contributed by atoms with Gasteiger partial charge in [-0.2, -0.15) is 0 Å². The highest BCUT2D eigenvalue weighted by Crippen LogP contribution is 2.35. The molecule has 0 fully saturated rings. The third-order valence-corrected chi connectivity index (χ3v) is 6.61. The second-order valence-corrected chi connectivity index (χ2v) is 8.92. The van der Waals surface area contributed by atoms with Crippen molar-refractivity contribution in [3.8, 4) is 11.1 Å². The number of hydrogen-bond acceptors (Lipinski definition) is 2. The quantitative estimate of drug-likeness (QED) is 0.223. The van der Waals surface area contributed by atoms with E-state index in [-0.39, 0.29) is 5.78 Å². The van der Waals surface area contributed by atoms with Crippen LogP contribution in [0.2, 0.25) is 0 Å². The monoisotopic (exact) mass is 467 g/mol. The number of aryl methyl sites for hydroxylation is 2. The van der Waals surface area contributed by atoms with Crippen molar-refractivity contribution in [2.24, 2.45) is 0 Å². The fraction of sp³-hybridized carbons (Fsp3) is 0.0882. The first-order chi connectivity index (χ1) is 17.7. The van der Waals surface area contributed by atoms with E-state index in [1.807, 2.05) is 55.5 Å². The molecule has 5 rings (SSSR count). The molecule has 0 aliphatic carbocycles. The topological polar surface area (TPSA) is 20.3 Å². The van der Waals surface area contributed by atoms with Gasteiger partial charge >= 0.3 is 0 Å². The summed E-state index contributed by atoms with van der Waals surface area (Å²) in [4.78, 5) is 15.7. The minimum absolute atomic E-state index is 0.0859. The number of carbonyl (C=O) groups is 1. The molecule has 0 saturated carbocycles. The molecule has 0 saturated heterocycles. The third-order valence-electron chi connectivity index (χ3n) is 6.61. The number of hydrogen-bond donors (Lipinski definition) is 0. The van der Waals surface area contributed by atoms with E-state index in [2.05, 4.69) is 90.7 Å². The summed E-state index contributed by atoms with van der Waals surface area (Å²) in [5.41, 5.74) is 9.03. The minimum atomic E-state index is 0.0859. The van der Waals surface area contributed by atoms with E-state index in [0.29, 0.717) is 0 Å². The number of benzene rings is 5. The van der Waals surface area contributed by atoms with Crippen molar-refractivity contribution in [1.29, 1.82) is 0 Å². The van der Waals surface area contributed by atoms with E-state index in [9.17, 15) is 4.79 Å². The number of ketones is 1. The Bertz CT molecular complexity index is 1430. The van der Waals surface area contributed by atoms with Gasteiger partial charge in [0.05, 0.1) is 0 Å². The van der Waals surface area contributed by atoms with Crippen LogP contribution < -0.4 is 4.90 Å². The Hall–Kier alpha value is -4.43. The lowest BCUT2D eigenvalue weighted by molar-refractivity contribution is 0.103. The predicted molar refractivity (Wildman–Crippen MR) is 151 cm³/mol. The van der Waals surface area contributed by atoms with Crippen LogP contribution >= 0.6 is 0 Å². The SMILES string of the molecule is CCc1ccccc1C(=O)c1cc(-c2ccc(N(c3ccccc3)c3ccccc3)cc2)ccc1C. The highest BCUT2D eigenvalue weighted by molar-refractivity contribution is 6.11. The molecule has 36 heavy (non-hydrogen) atoms. The van der Waals surface area contributed by atoms with Crippen LogP contribution in [0.25, 0.3) is 11.1 Å². The third kappa shape index (κ3) is 4.71. The Morgan fingerprint density at radius 2 is 1.11 bits per heavy atom. The molecule has 0 heterocycles. The molecule has 0 spiro atoms. The summed E-state index contributed by atoms with van der Waals surface area (Å²) in [6.45, 7) is 4.09. The summed E-state index contributed by atoms with van der Waals surface area (Å²) in [6, 6.07) is 43.4. The average molecular weight is 468 g/mol. The van der Waals surface area contributed by atoms with Gasteiger partial charge < -0.3 is 4.90 Å². The summed E-state index contributed by atoms with van der Waals surface area (Å²) < 4.78 is 0. The lowest BCUT2D eigenvalue weighted by atomic mass is 9.92. The van der Waals surface area contributed by atoms with Crippen LogP contribution in [0.1, 0.15) is 34.0 Å². The zero-order chi connectivity index (χ0) is 24.9. The Balaban J connectivity index is 1.50. The van der Waals surface area contributed by atoms with E-state index in [0.717, 1.165) is 56.9 Å². The van der Waals surface area contributed by atoms with E-state index in [4.69, 9.17) is 0 Å².